The third kappa shape index (κ3) is 6.21. The van der Waals surface area contributed by atoms with Gasteiger partial charge in [0, 0.05) is 5.56 Å². The van der Waals surface area contributed by atoms with Crippen molar-refractivity contribution in [2.24, 2.45) is 0 Å². The van der Waals surface area contributed by atoms with Gasteiger partial charge in [0.05, 0.1) is 0 Å². The molecule has 29 heavy (non-hydrogen) atoms. The molecular formula is C24H23NO4. The van der Waals surface area contributed by atoms with Gasteiger partial charge in [0.2, 0.25) is 0 Å². The lowest BCUT2D eigenvalue weighted by Gasteiger charge is -2.09. The number of esters is 1. The van der Waals surface area contributed by atoms with E-state index in [2.05, 4.69) is 5.32 Å². The average molecular weight is 389 g/mol. The molecule has 148 valence electrons. The average Bonchev–Trinajstić information content (AvgIpc) is 2.77. The van der Waals surface area contributed by atoms with Crippen LogP contribution in [0.15, 0.2) is 78.9 Å². The van der Waals surface area contributed by atoms with Crippen LogP contribution < -0.4 is 10.1 Å². The first-order valence-corrected chi connectivity index (χ1v) is 9.40. The first-order chi connectivity index (χ1) is 14.1. The Kier molecular flexibility index (Phi) is 7.00. The number of nitrogens with one attached hydrogen (secondary N) is 1. The van der Waals surface area contributed by atoms with Crippen molar-refractivity contribution in [3.05, 3.63) is 90.0 Å². The van der Waals surface area contributed by atoms with Crippen molar-refractivity contribution >= 4 is 11.9 Å². The van der Waals surface area contributed by atoms with Gasteiger partial charge in [-0.05, 0) is 42.3 Å². The van der Waals surface area contributed by atoms with Crippen molar-refractivity contribution in [3.8, 4) is 16.9 Å². The molecule has 0 atom stereocenters. The zero-order chi connectivity index (χ0) is 20.5. The first kappa shape index (κ1) is 20.1. The van der Waals surface area contributed by atoms with E-state index in [4.69, 9.17) is 9.47 Å². The predicted molar refractivity (Wildman–Crippen MR) is 112 cm³/mol. The Morgan fingerprint density at radius 2 is 1.45 bits per heavy atom. The largest absolute Gasteiger partial charge is 0.490 e. The number of rotatable bonds is 8. The number of hydrogen-bond donors (Lipinski definition) is 1. The summed E-state index contributed by atoms with van der Waals surface area (Å²) in [6, 6.07) is 24.8. The fraction of sp³-hybridized carbons (Fsp3) is 0.167. The molecule has 0 radical (unpaired) electrons. The van der Waals surface area contributed by atoms with E-state index in [1.165, 1.54) is 0 Å². The molecule has 3 rings (SSSR count). The van der Waals surface area contributed by atoms with Crippen molar-refractivity contribution in [2.45, 2.75) is 6.92 Å². The van der Waals surface area contributed by atoms with Crippen molar-refractivity contribution in [3.63, 3.8) is 0 Å². The van der Waals surface area contributed by atoms with Gasteiger partial charge < -0.3 is 14.8 Å². The monoisotopic (exact) mass is 389 g/mol. The fourth-order valence-electron chi connectivity index (χ4n) is 2.70. The van der Waals surface area contributed by atoms with Crippen LogP contribution in [0.25, 0.3) is 11.1 Å². The molecule has 0 aromatic heterocycles. The number of aryl methyl sites for hydroxylation is 1. The quantitative estimate of drug-likeness (QED) is 0.467. The maximum absolute atomic E-state index is 12.2. The van der Waals surface area contributed by atoms with E-state index < -0.39 is 5.97 Å². The highest BCUT2D eigenvalue weighted by molar-refractivity contribution is 5.96. The number of carbonyl (C=O) groups excluding carboxylic acids is 2. The SMILES string of the molecule is Cc1ccc(OCCOC(=O)CNC(=O)c2ccc(-c3ccccc3)cc2)cc1. The topological polar surface area (TPSA) is 64.6 Å². The molecule has 0 aliphatic carbocycles. The van der Waals surface area contributed by atoms with Gasteiger partial charge in [0.25, 0.3) is 5.91 Å². The number of hydrogen-bond acceptors (Lipinski definition) is 4. The van der Waals surface area contributed by atoms with Crippen molar-refractivity contribution in [1.82, 2.24) is 5.32 Å². The minimum Gasteiger partial charge on any atom is -0.490 e. The molecule has 0 bridgehead atoms. The van der Waals surface area contributed by atoms with Crippen LogP contribution >= 0.6 is 0 Å². The summed E-state index contributed by atoms with van der Waals surface area (Å²) in [5, 5.41) is 2.57. The van der Waals surface area contributed by atoms with Gasteiger partial charge in [-0.15, -0.1) is 0 Å². The summed E-state index contributed by atoms with van der Waals surface area (Å²) in [5.41, 5.74) is 3.74. The second kappa shape index (κ2) is 10.1. The molecule has 0 saturated carbocycles. The predicted octanol–water partition coefficient (Wildman–Crippen LogP) is 4.01. The van der Waals surface area contributed by atoms with E-state index >= 15 is 0 Å². The lowest BCUT2D eigenvalue weighted by Crippen LogP contribution is -2.31. The highest BCUT2D eigenvalue weighted by Gasteiger charge is 2.09. The Morgan fingerprint density at radius 3 is 2.14 bits per heavy atom. The molecule has 5 heteroatoms. The molecule has 0 fully saturated rings. The number of ether oxygens (including phenoxy) is 2. The Labute approximate surface area is 170 Å². The third-order valence-corrected chi connectivity index (χ3v) is 4.28. The van der Waals surface area contributed by atoms with E-state index in [1.54, 1.807) is 12.1 Å². The summed E-state index contributed by atoms with van der Waals surface area (Å²) >= 11 is 0. The van der Waals surface area contributed by atoms with Crippen LogP contribution in [0.5, 0.6) is 5.75 Å². The van der Waals surface area contributed by atoms with Crippen LogP contribution in [0.2, 0.25) is 0 Å². The lowest BCUT2D eigenvalue weighted by atomic mass is 10.0. The molecule has 1 N–H and O–H groups in total. The normalized spacial score (nSPS) is 10.2. The molecule has 3 aromatic rings. The van der Waals surface area contributed by atoms with Gasteiger partial charge in [0.1, 0.15) is 25.5 Å². The molecule has 0 saturated heterocycles. The van der Waals surface area contributed by atoms with Crippen molar-refractivity contribution in [2.75, 3.05) is 19.8 Å². The molecule has 0 aliphatic heterocycles. The van der Waals surface area contributed by atoms with E-state index in [1.807, 2.05) is 73.7 Å². The van der Waals surface area contributed by atoms with Gasteiger partial charge >= 0.3 is 5.97 Å². The van der Waals surface area contributed by atoms with Gasteiger partial charge in [-0.25, -0.2) is 0 Å². The van der Waals surface area contributed by atoms with Crippen LogP contribution in [0.3, 0.4) is 0 Å². The third-order valence-electron chi connectivity index (χ3n) is 4.28. The van der Waals surface area contributed by atoms with Crippen LogP contribution in [0.1, 0.15) is 15.9 Å². The van der Waals surface area contributed by atoms with E-state index in [-0.39, 0.29) is 25.7 Å². The van der Waals surface area contributed by atoms with Crippen molar-refractivity contribution in [1.29, 1.82) is 0 Å². The molecule has 3 aromatic carbocycles. The molecule has 0 heterocycles. The lowest BCUT2D eigenvalue weighted by molar-refractivity contribution is -0.143. The van der Waals surface area contributed by atoms with Crippen LogP contribution in [-0.4, -0.2) is 31.6 Å². The standard InChI is InChI=1S/C24H23NO4/c1-18-7-13-22(14-8-18)28-15-16-29-23(26)17-25-24(27)21-11-9-20(10-12-21)19-5-3-2-4-6-19/h2-14H,15-17H2,1H3,(H,25,27). The molecular weight excluding hydrogens is 366 g/mol. The molecule has 0 aliphatic rings. The Morgan fingerprint density at radius 1 is 0.793 bits per heavy atom. The molecule has 1 amide bonds. The number of amides is 1. The summed E-state index contributed by atoms with van der Waals surface area (Å²) < 4.78 is 10.6. The second-order valence-electron chi connectivity index (χ2n) is 6.51. The minimum absolute atomic E-state index is 0.119. The molecule has 0 spiro atoms. The Balaban J connectivity index is 1.38. The zero-order valence-electron chi connectivity index (χ0n) is 16.3. The summed E-state index contributed by atoms with van der Waals surface area (Å²) in [6.07, 6.45) is 0. The number of benzene rings is 3. The maximum Gasteiger partial charge on any atom is 0.325 e. The summed E-state index contributed by atoms with van der Waals surface area (Å²) in [4.78, 5) is 24.0. The summed E-state index contributed by atoms with van der Waals surface area (Å²) in [7, 11) is 0. The van der Waals surface area contributed by atoms with Crippen LogP contribution in [0.4, 0.5) is 0 Å². The smallest absolute Gasteiger partial charge is 0.325 e. The zero-order valence-corrected chi connectivity index (χ0v) is 16.3. The van der Waals surface area contributed by atoms with E-state index in [0.29, 0.717) is 5.56 Å². The summed E-state index contributed by atoms with van der Waals surface area (Å²) in [6.45, 7) is 2.18. The van der Waals surface area contributed by atoms with E-state index in [0.717, 1.165) is 22.4 Å². The van der Waals surface area contributed by atoms with Crippen molar-refractivity contribution < 1.29 is 19.1 Å². The Hall–Kier alpha value is -3.60. The molecule has 0 unspecified atom stereocenters. The van der Waals surface area contributed by atoms with Crippen LogP contribution in [0, 0.1) is 6.92 Å². The van der Waals surface area contributed by atoms with Gasteiger partial charge in [-0.1, -0.05) is 60.2 Å². The highest BCUT2D eigenvalue weighted by Crippen LogP contribution is 2.19. The Bertz CT molecular complexity index is 935. The number of carbonyl (C=O) groups is 2. The van der Waals surface area contributed by atoms with E-state index in [9.17, 15) is 9.59 Å². The highest BCUT2D eigenvalue weighted by atomic mass is 16.6. The van der Waals surface area contributed by atoms with Crippen LogP contribution in [-0.2, 0) is 9.53 Å². The second-order valence-corrected chi connectivity index (χ2v) is 6.51. The van der Waals surface area contributed by atoms with Gasteiger partial charge in [-0.2, -0.15) is 0 Å². The minimum atomic E-state index is -0.508. The maximum atomic E-state index is 12.2. The summed E-state index contributed by atoms with van der Waals surface area (Å²) in [5.74, 6) is -0.108. The van der Waals surface area contributed by atoms with Gasteiger partial charge in [0.15, 0.2) is 0 Å². The fourth-order valence-corrected chi connectivity index (χ4v) is 2.70. The molecule has 5 nitrogen and oxygen atoms in total. The van der Waals surface area contributed by atoms with Gasteiger partial charge in [-0.3, -0.25) is 9.59 Å². The first-order valence-electron chi connectivity index (χ1n) is 9.40.